The molecule has 2 N–H and O–H groups in total. The van der Waals surface area contributed by atoms with Crippen LogP contribution in [0.4, 0.5) is 4.79 Å². The monoisotopic (exact) mass is 186 g/mol. The van der Waals surface area contributed by atoms with E-state index in [1.165, 1.54) is 4.90 Å². The van der Waals surface area contributed by atoms with E-state index in [1.54, 1.807) is 14.1 Å². The van der Waals surface area contributed by atoms with Gasteiger partial charge in [0, 0.05) is 26.6 Å². The van der Waals surface area contributed by atoms with Crippen molar-refractivity contribution in [2.75, 3.05) is 20.6 Å². The van der Waals surface area contributed by atoms with Crippen molar-refractivity contribution in [3.63, 3.8) is 0 Å². The van der Waals surface area contributed by atoms with Gasteiger partial charge in [-0.1, -0.05) is 6.42 Å². The minimum Gasteiger partial charge on any atom is -0.393 e. The van der Waals surface area contributed by atoms with Crippen LogP contribution in [0.2, 0.25) is 0 Å². The zero-order chi connectivity index (χ0) is 9.84. The van der Waals surface area contributed by atoms with Crippen LogP contribution >= 0.6 is 0 Å². The first-order valence-corrected chi connectivity index (χ1v) is 4.74. The highest BCUT2D eigenvalue weighted by Gasteiger charge is 2.25. The average molecular weight is 186 g/mol. The van der Waals surface area contributed by atoms with Crippen LogP contribution in [0.15, 0.2) is 0 Å². The molecule has 1 aliphatic rings. The molecule has 0 aliphatic heterocycles. The molecule has 13 heavy (non-hydrogen) atoms. The third-order valence-corrected chi connectivity index (χ3v) is 2.54. The summed E-state index contributed by atoms with van der Waals surface area (Å²) < 4.78 is 0. The van der Waals surface area contributed by atoms with Gasteiger partial charge in [-0.15, -0.1) is 0 Å². The Balaban J connectivity index is 2.22. The summed E-state index contributed by atoms with van der Waals surface area (Å²) in [6, 6.07) is -0.0842. The van der Waals surface area contributed by atoms with E-state index in [2.05, 4.69) is 5.32 Å². The fourth-order valence-electron chi connectivity index (χ4n) is 1.63. The molecule has 76 valence electrons. The SMILES string of the molecule is CN(C)C(=O)NCC1CCCC1O. The molecule has 0 aromatic rings. The second-order valence-electron chi connectivity index (χ2n) is 3.84. The maximum atomic E-state index is 11.1. The molecule has 2 unspecified atom stereocenters. The summed E-state index contributed by atoms with van der Waals surface area (Å²) in [7, 11) is 3.42. The first-order valence-electron chi connectivity index (χ1n) is 4.74. The number of amides is 2. The lowest BCUT2D eigenvalue weighted by molar-refractivity contribution is 0.131. The van der Waals surface area contributed by atoms with Crippen molar-refractivity contribution in [2.24, 2.45) is 5.92 Å². The number of hydrogen-bond acceptors (Lipinski definition) is 2. The van der Waals surface area contributed by atoms with Crippen molar-refractivity contribution in [1.82, 2.24) is 10.2 Å². The number of hydrogen-bond donors (Lipinski definition) is 2. The average Bonchev–Trinajstić information content (AvgIpc) is 2.47. The normalized spacial score (nSPS) is 27.3. The third kappa shape index (κ3) is 2.88. The Morgan fingerprint density at radius 2 is 2.23 bits per heavy atom. The molecule has 0 saturated heterocycles. The van der Waals surface area contributed by atoms with Crippen LogP contribution < -0.4 is 5.32 Å². The molecule has 0 heterocycles. The summed E-state index contributed by atoms with van der Waals surface area (Å²) in [6.07, 6.45) is 2.75. The molecule has 0 radical (unpaired) electrons. The molecule has 1 saturated carbocycles. The lowest BCUT2D eigenvalue weighted by Gasteiger charge is -2.17. The van der Waals surface area contributed by atoms with Crippen molar-refractivity contribution in [3.05, 3.63) is 0 Å². The summed E-state index contributed by atoms with van der Waals surface area (Å²) in [5.41, 5.74) is 0. The van der Waals surface area contributed by atoms with E-state index < -0.39 is 0 Å². The minimum atomic E-state index is -0.220. The van der Waals surface area contributed by atoms with Crippen LogP contribution in [-0.2, 0) is 0 Å². The van der Waals surface area contributed by atoms with Gasteiger partial charge in [-0.05, 0) is 12.8 Å². The van der Waals surface area contributed by atoms with Crippen LogP contribution in [0.25, 0.3) is 0 Å². The highest BCUT2D eigenvalue weighted by atomic mass is 16.3. The third-order valence-electron chi connectivity index (χ3n) is 2.54. The summed E-state index contributed by atoms with van der Waals surface area (Å²) in [6.45, 7) is 0.595. The van der Waals surface area contributed by atoms with Gasteiger partial charge in [0.05, 0.1) is 6.10 Å². The van der Waals surface area contributed by atoms with Crippen LogP contribution in [-0.4, -0.2) is 42.8 Å². The molecule has 1 rings (SSSR count). The highest BCUT2D eigenvalue weighted by molar-refractivity contribution is 5.73. The zero-order valence-electron chi connectivity index (χ0n) is 8.29. The molecule has 4 nitrogen and oxygen atoms in total. The predicted molar refractivity (Wildman–Crippen MR) is 50.4 cm³/mol. The molecule has 4 heteroatoms. The van der Waals surface area contributed by atoms with Crippen LogP contribution in [0, 0.1) is 5.92 Å². The standard InChI is InChI=1S/C9H18N2O2/c1-11(2)9(13)10-6-7-4-3-5-8(7)12/h7-8,12H,3-6H2,1-2H3,(H,10,13). The molecular weight excluding hydrogens is 168 g/mol. The lowest BCUT2D eigenvalue weighted by atomic mass is 10.1. The summed E-state index contributed by atoms with van der Waals surface area (Å²) >= 11 is 0. The van der Waals surface area contributed by atoms with Gasteiger partial charge in [-0.2, -0.15) is 0 Å². The highest BCUT2D eigenvalue weighted by Crippen LogP contribution is 2.24. The number of carbonyl (C=O) groups is 1. The van der Waals surface area contributed by atoms with Gasteiger partial charge in [-0.3, -0.25) is 0 Å². The number of aliphatic hydroxyl groups is 1. The Kier molecular flexibility index (Phi) is 3.54. The van der Waals surface area contributed by atoms with E-state index in [0.29, 0.717) is 6.54 Å². The van der Waals surface area contributed by atoms with E-state index in [1.807, 2.05) is 0 Å². The van der Waals surface area contributed by atoms with E-state index in [-0.39, 0.29) is 18.1 Å². The first kappa shape index (κ1) is 10.3. The predicted octanol–water partition coefficient (Wildman–Crippen LogP) is 0.419. The van der Waals surface area contributed by atoms with E-state index in [0.717, 1.165) is 19.3 Å². The maximum absolute atomic E-state index is 11.1. The topological polar surface area (TPSA) is 52.6 Å². The largest absolute Gasteiger partial charge is 0.393 e. The fraction of sp³-hybridized carbons (Fsp3) is 0.889. The summed E-state index contributed by atoms with van der Waals surface area (Å²) in [4.78, 5) is 12.6. The van der Waals surface area contributed by atoms with Gasteiger partial charge in [0.25, 0.3) is 0 Å². The number of nitrogens with one attached hydrogen (secondary N) is 1. The molecular formula is C9H18N2O2. The van der Waals surface area contributed by atoms with Gasteiger partial charge in [0.1, 0.15) is 0 Å². The van der Waals surface area contributed by atoms with Crippen LogP contribution in [0.3, 0.4) is 0 Å². The van der Waals surface area contributed by atoms with Crippen molar-refractivity contribution in [2.45, 2.75) is 25.4 Å². The molecule has 0 bridgehead atoms. The molecule has 2 amide bonds. The Labute approximate surface area is 78.9 Å². The Hall–Kier alpha value is -0.770. The maximum Gasteiger partial charge on any atom is 0.316 e. The van der Waals surface area contributed by atoms with Crippen molar-refractivity contribution in [1.29, 1.82) is 0 Å². The number of nitrogens with zero attached hydrogens (tertiary/aromatic N) is 1. The Bertz CT molecular complexity index is 182. The smallest absolute Gasteiger partial charge is 0.316 e. The van der Waals surface area contributed by atoms with Gasteiger partial charge in [-0.25, -0.2) is 4.79 Å². The number of rotatable bonds is 2. The Morgan fingerprint density at radius 1 is 1.54 bits per heavy atom. The Morgan fingerprint density at radius 3 is 2.69 bits per heavy atom. The summed E-state index contributed by atoms with van der Waals surface area (Å²) in [5.74, 6) is 0.254. The molecule has 2 atom stereocenters. The van der Waals surface area contributed by atoms with Gasteiger partial charge >= 0.3 is 6.03 Å². The minimum absolute atomic E-state index is 0.0842. The van der Waals surface area contributed by atoms with E-state index in [9.17, 15) is 9.90 Å². The lowest BCUT2D eigenvalue weighted by Crippen LogP contribution is -2.38. The van der Waals surface area contributed by atoms with Gasteiger partial charge < -0.3 is 15.3 Å². The summed E-state index contributed by atoms with van der Waals surface area (Å²) in [5, 5.41) is 12.3. The number of urea groups is 1. The molecule has 0 aromatic heterocycles. The van der Waals surface area contributed by atoms with Crippen molar-refractivity contribution in [3.8, 4) is 0 Å². The molecule has 0 aromatic carbocycles. The first-order chi connectivity index (χ1) is 6.11. The van der Waals surface area contributed by atoms with Gasteiger partial charge in [0.2, 0.25) is 0 Å². The van der Waals surface area contributed by atoms with E-state index >= 15 is 0 Å². The van der Waals surface area contributed by atoms with Crippen molar-refractivity contribution >= 4 is 6.03 Å². The fourth-order valence-corrected chi connectivity index (χ4v) is 1.63. The van der Waals surface area contributed by atoms with Crippen LogP contribution in [0.5, 0.6) is 0 Å². The molecule has 0 spiro atoms. The van der Waals surface area contributed by atoms with E-state index in [4.69, 9.17) is 0 Å². The second kappa shape index (κ2) is 4.46. The second-order valence-corrected chi connectivity index (χ2v) is 3.84. The molecule has 1 fully saturated rings. The number of aliphatic hydroxyl groups excluding tert-OH is 1. The van der Waals surface area contributed by atoms with Crippen LogP contribution in [0.1, 0.15) is 19.3 Å². The quantitative estimate of drug-likeness (QED) is 0.656. The zero-order valence-corrected chi connectivity index (χ0v) is 8.29. The molecule has 1 aliphatic carbocycles. The van der Waals surface area contributed by atoms with Crippen molar-refractivity contribution < 1.29 is 9.90 Å². The van der Waals surface area contributed by atoms with Gasteiger partial charge in [0.15, 0.2) is 0 Å². The number of carbonyl (C=O) groups excluding carboxylic acids is 1.